The van der Waals surface area contributed by atoms with E-state index < -0.39 is 15.6 Å². The van der Waals surface area contributed by atoms with Crippen LogP contribution in [0.3, 0.4) is 0 Å². The molecule has 2 nitrogen and oxygen atoms in total. The average molecular weight is 109 g/mol. The van der Waals surface area contributed by atoms with Crippen LogP contribution in [0, 0.1) is 0 Å². The fraction of sp³-hybridized carbons (Fsp3) is 0. The summed E-state index contributed by atoms with van der Waals surface area (Å²) in [5.41, 5.74) is 0. The number of rotatable bonds is 0. The van der Waals surface area contributed by atoms with Crippen molar-refractivity contribution in [2.24, 2.45) is 0 Å². The summed E-state index contributed by atoms with van der Waals surface area (Å²) < 4.78 is 14.3. The average Bonchev–Trinajstić information content (AvgIpc) is 0.918. The van der Waals surface area contributed by atoms with Gasteiger partial charge in [0.25, 0.3) is 0 Å². The van der Waals surface area contributed by atoms with Gasteiger partial charge in [-0.2, -0.15) is 0 Å². The first-order valence-corrected chi connectivity index (χ1v) is 1.39. The van der Waals surface area contributed by atoms with Gasteiger partial charge in [0.05, 0.1) is 0 Å². The minimum atomic E-state index is -0.938. The maximum atomic E-state index is 7.16. The van der Waals surface area contributed by atoms with Gasteiger partial charge >= 0.3 is 24.0 Å². The molecular formula is H3FMnO2. The van der Waals surface area contributed by atoms with Crippen LogP contribution >= 0.6 is 0 Å². The third kappa shape index (κ3) is 32.6. The van der Waals surface area contributed by atoms with E-state index in [1.807, 2.05) is 0 Å². The summed E-state index contributed by atoms with van der Waals surface area (Å²) in [7, 11) is 0. The molecule has 0 aliphatic carbocycles. The fourth-order valence-corrected chi connectivity index (χ4v) is 0. The summed E-state index contributed by atoms with van der Waals surface area (Å²) in [5.74, 6) is 0. The van der Waals surface area contributed by atoms with Crippen molar-refractivity contribution in [3.8, 4) is 0 Å². The Labute approximate surface area is 29.6 Å². The van der Waals surface area contributed by atoms with E-state index in [1.54, 1.807) is 0 Å². The van der Waals surface area contributed by atoms with Crippen molar-refractivity contribution in [1.82, 2.24) is 0 Å². The van der Waals surface area contributed by atoms with Crippen LogP contribution in [0.25, 0.3) is 0 Å². The molecule has 0 unspecified atom stereocenters. The molecule has 0 aromatic carbocycles. The van der Waals surface area contributed by atoms with Gasteiger partial charge in [-0.05, 0) is 0 Å². The summed E-state index contributed by atoms with van der Waals surface area (Å²) in [4.78, 5) is 0. The zero-order valence-corrected chi connectivity index (χ0v) is 2.86. The normalized spacial score (nSPS) is 4.50. The molecule has 0 bridgehead atoms. The van der Waals surface area contributed by atoms with E-state index in [2.05, 4.69) is 0 Å². The molecule has 0 aliphatic heterocycles. The SMILES string of the molecule is F.[OH][Mn][OH]. The molecule has 0 aliphatic rings. The Morgan fingerprint density at radius 1 is 1.25 bits per heavy atom. The monoisotopic (exact) mass is 109 g/mol. The topological polar surface area (TPSA) is 40.5 Å². The third-order valence-electron chi connectivity index (χ3n) is 0. The number of hydrogen-bond donors (Lipinski definition) is 2. The quantitative estimate of drug-likeness (QED) is 0.393. The molecule has 0 saturated heterocycles. The van der Waals surface area contributed by atoms with Crippen LogP contribution in [0.4, 0.5) is 4.70 Å². The second-order valence-electron chi connectivity index (χ2n) is 0.0756. The molecule has 0 radical (unpaired) electrons. The molecule has 0 fully saturated rings. The van der Waals surface area contributed by atoms with Gasteiger partial charge < -0.3 is 0 Å². The van der Waals surface area contributed by atoms with Gasteiger partial charge in [0, 0.05) is 0 Å². The summed E-state index contributed by atoms with van der Waals surface area (Å²) in [6.07, 6.45) is 0. The summed E-state index contributed by atoms with van der Waals surface area (Å²) in [6, 6.07) is 0. The Hall–Kier alpha value is 0.369. The standard InChI is InChI=1S/FH.Mn.2H2O/h1H;;2*1H2/q;+2;;/p-2. The van der Waals surface area contributed by atoms with Crippen molar-refractivity contribution in [2.45, 2.75) is 0 Å². The van der Waals surface area contributed by atoms with Crippen molar-refractivity contribution < 1.29 is 28.7 Å². The molecule has 0 saturated carbocycles. The molecule has 4 heteroatoms. The molecule has 2 N–H and O–H groups in total. The summed E-state index contributed by atoms with van der Waals surface area (Å²) in [6.45, 7) is 0. The van der Waals surface area contributed by atoms with Crippen LogP contribution in [0.1, 0.15) is 0 Å². The van der Waals surface area contributed by atoms with Gasteiger partial charge in [0.2, 0.25) is 0 Å². The number of halogens is 1. The second-order valence-corrected chi connectivity index (χ2v) is 0.312. The van der Waals surface area contributed by atoms with E-state index in [9.17, 15) is 0 Å². The molecule has 4 heavy (non-hydrogen) atoms. The fourth-order valence-electron chi connectivity index (χ4n) is 0. The maximum absolute atomic E-state index is 7.16. The molecule has 29 valence electrons. The van der Waals surface area contributed by atoms with Crippen molar-refractivity contribution in [3.05, 3.63) is 0 Å². The third-order valence-corrected chi connectivity index (χ3v) is 0. The Bertz CT molecular complexity index is 6.00. The predicted octanol–water partition coefficient (Wildman–Crippen LogP) is -0.964. The first-order chi connectivity index (χ1) is 1.41. The van der Waals surface area contributed by atoms with Crippen LogP contribution in [-0.4, -0.2) is 8.38 Å². The van der Waals surface area contributed by atoms with Crippen molar-refractivity contribution in [3.63, 3.8) is 0 Å². The van der Waals surface area contributed by atoms with E-state index in [-0.39, 0.29) is 4.70 Å². The first kappa shape index (κ1) is 8.84. The van der Waals surface area contributed by atoms with Crippen LogP contribution in [-0.2, 0) is 15.6 Å². The summed E-state index contributed by atoms with van der Waals surface area (Å²) >= 11 is -0.938. The number of hydrogen-bond acceptors (Lipinski definition) is 2. The van der Waals surface area contributed by atoms with E-state index in [0.29, 0.717) is 0 Å². The Kier molecular flexibility index (Phi) is 22.3. The van der Waals surface area contributed by atoms with E-state index in [0.717, 1.165) is 0 Å². The molecule has 0 amide bonds. The Morgan fingerprint density at radius 2 is 1.25 bits per heavy atom. The van der Waals surface area contributed by atoms with Crippen LogP contribution in [0.15, 0.2) is 0 Å². The molecule has 0 rings (SSSR count). The molecule has 0 heterocycles. The van der Waals surface area contributed by atoms with Crippen molar-refractivity contribution in [1.29, 1.82) is 0 Å². The Morgan fingerprint density at radius 3 is 1.25 bits per heavy atom. The van der Waals surface area contributed by atoms with Gasteiger partial charge in [-0.1, -0.05) is 0 Å². The molecule has 0 atom stereocenters. The van der Waals surface area contributed by atoms with Crippen LogP contribution in [0.5, 0.6) is 0 Å². The molecule has 0 aromatic heterocycles. The van der Waals surface area contributed by atoms with E-state index in [1.165, 1.54) is 0 Å². The van der Waals surface area contributed by atoms with Gasteiger partial charge in [0.1, 0.15) is 0 Å². The molecule has 0 spiro atoms. The van der Waals surface area contributed by atoms with Crippen LogP contribution < -0.4 is 0 Å². The van der Waals surface area contributed by atoms with E-state index in [4.69, 9.17) is 8.38 Å². The van der Waals surface area contributed by atoms with Crippen molar-refractivity contribution >= 4 is 0 Å². The van der Waals surface area contributed by atoms with E-state index >= 15 is 0 Å². The van der Waals surface area contributed by atoms with Gasteiger partial charge in [-0.15, -0.1) is 0 Å². The zero-order chi connectivity index (χ0) is 2.71. The second kappa shape index (κ2) is 10.1. The van der Waals surface area contributed by atoms with Crippen LogP contribution in [0.2, 0.25) is 0 Å². The minimum absolute atomic E-state index is 0. The van der Waals surface area contributed by atoms with Gasteiger partial charge in [-0.3, -0.25) is 4.70 Å². The van der Waals surface area contributed by atoms with Gasteiger partial charge in [0.15, 0.2) is 0 Å². The zero-order valence-electron chi connectivity index (χ0n) is 1.68. The molecular weight excluding hydrogens is 106 g/mol. The molecule has 0 aromatic rings. The predicted molar refractivity (Wildman–Crippen MR) is 6.94 cm³/mol. The van der Waals surface area contributed by atoms with Gasteiger partial charge in [-0.25, -0.2) is 0 Å². The first-order valence-electron chi connectivity index (χ1n) is 0.338. The van der Waals surface area contributed by atoms with Crippen molar-refractivity contribution in [2.75, 3.05) is 0 Å². The Balaban J connectivity index is 0. The summed E-state index contributed by atoms with van der Waals surface area (Å²) in [5, 5.41) is 0.